The number of anilines is 1. The maximum Gasteiger partial charge on any atom is 0.0894 e. The predicted molar refractivity (Wildman–Crippen MR) is 68.2 cm³/mol. The van der Waals surface area contributed by atoms with Crippen molar-refractivity contribution in [3.05, 3.63) is 15.9 Å². The fourth-order valence-corrected chi connectivity index (χ4v) is 2.63. The maximum atomic E-state index is 3.45. The van der Waals surface area contributed by atoms with Crippen LogP contribution in [0.4, 0.5) is 5.00 Å². The number of thiophene rings is 1. The SMILES string of the molecule is CCC(CNC)CNc1cc(Br)cs1. The van der Waals surface area contributed by atoms with Gasteiger partial charge in [-0.05, 0) is 41.5 Å². The molecule has 1 aromatic heterocycles. The predicted octanol–water partition coefficient (Wildman–Crippen LogP) is 3.17. The lowest BCUT2D eigenvalue weighted by atomic mass is 10.1. The van der Waals surface area contributed by atoms with Gasteiger partial charge in [0.05, 0.1) is 5.00 Å². The zero-order valence-corrected chi connectivity index (χ0v) is 11.0. The summed E-state index contributed by atoms with van der Waals surface area (Å²) in [6, 6.07) is 2.12. The fraction of sp³-hybridized carbons (Fsp3) is 0.600. The van der Waals surface area contributed by atoms with Crippen molar-refractivity contribution in [1.82, 2.24) is 5.32 Å². The summed E-state index contributed by atoms with van der Waals surface area (Å²) in [7, 11) is 2.00. The average molecular weight is 277 g/mol. The summed E-state index contributed by atoms with van der Waals surface area (Å²) >= 11 is 5.19. The minimum absolute atomic E-state index is 0.709. The second-order valence-corrected chi connectivity index (χ2v) is 5.17. The van der Waals surface area contributed by atoms with E-state index in [1.165, 1.54) is 11.4 Å². The van der Waals surface area contributed by atoms with E-state index in [0.717, 1.165) is 17.6 Å². The summed E-state index contributed by atoms with van der Waals surface area (Å²) in [6.07, 6.45) is 1.21. The van der Waals surface area contributed by atoms with Crippen molar-refractivity contribution in [2.75, 3.05) is 25.5 Å². The van der Waals surface area contributed by atoms with Crippen LogP contribution in [0.5, 0.6) is 0 Å². The number of hydrogen-bond acceptors (Lipinski definition) is 3. The molecule has 1 rings (SSSR count). The molecule has 80 valence electrons. The van der Waals surface area contributed by atoms with Crippen LogP contribution in [0.1, 0.15) is 13.3 Å². The van der Waals surface area contributed by atoms with Crippen molar-refractivity contribution < 1.29 is 0 Å². The van der Waals surface area contributed by atoms with Crippen LogP contribution < -0.4 is 10.6 Å². The van der Waals surface area contributed by atoms with Gasteiger partial charge in [0.25, 0.3) is 0 Å². The topological polar surface area (TPSA) is 24.1 Å². The van der Waals surface area contributed by atoms with E-state index in [2.05, 4.69) is 44.9 Å². The zero-order chi connectivity index (χ0) is 10.4. The van der Waals surface area contributed by atoms with Gasteiger partial charge in [-0.1, -0.05) is 13.3 Å². The molecule has 0 aliphatic carbocycles. The van der Waals surface area contributed by atoms with Crippen molar-refractivity contribution in [1.29, 1.82) is 0 Å². The third-order valence-corrected chi connectivity index (χ3v) is 3.85. The third-order valence-electron chi connectivity index (χ3n) is 2.20. The van der Waals surface area contributed by atoms with Gasteiger partial charge in [0, 0.05) is 16.4 Å². The van der Waals surface area contributed by atoms with E-state index in [-0.39, 0.29) is 0 Å². The van der Waals surface area contributed by atoms with E-state index in [1.54, 1.807) is 11.3 Å². The molecule has 0 radical (unpaired) electrons. The molecule has 0 aromatic carbocycles. The summed E-state index contributed by atoms with van der Waals surface area (Å²) in [5, 5.41) is 10.0. The van der Waals surface area contributed by atoms with Crippen LogP contribution in [0.15, 0.2) is 15.9 Å². The van der Waals surface area contributed by atoms with Gasteiger partial charge in [0.15, 0.2) is 0 Å². The lowest BCUT2D eigenvalue weighted by Crippen LogP contribution is -2.24. The molecule has 0 aliphatic heterocycles. The van der Waals surface area contributed by atoms with Crippen LogP contribution in [0.3, 0.4) is 0 Å². The molecule has 0 amide bonds. The summed E-state index contributed by atoms with van der Waals surface area (Å²) in [5.74, 6) is 0.709. The second kappa shape index (κ2) is 6.43. The van der Waals surface area contributed by atoms with Gasteiger partial charge in [-0.25, -0.2) is 0 Å². The van der Waals surface area contributed by atoms with Gasteiger partial charge in [0.1, 0.15) is 0 Å². The molecule has 1 atom stereocenters. The molecule has 2 N–H and O–H groups in total. The first-order valence-corrected chi connectivity index (χ1v) is 6.56. The molecule has 0 saturated heterocycles. The highest BCUT2D eigenvalue weighted by molar-refractivity contribution is 9.10. The number of nitrogens with one attached hydrogen (secondary N) is 2. The highest BCUT2D eigenvalue weighted by Gasteiger charge is 2.05. The number of hydrogen-bond donors (Lipinski definition) is 2. The Morgan fingerprint density at radius 3 is 2.79 bits per heavy atom. The Kier molecular flexibility index (Phi) is 5.52. The van der Waals surface area contributed by atoms with E-state index in [4.69, 9.17) is 0 Å². The zero-order valence-electron chi connectivity index (χ0n) is 8.64. The summed E-state index contributed by atoms with van der Waals surface area (Å²) in [4.78, 5) is 0. The van der Waals surface area contributed by atoms with E-state index in [9.17, 15) is 0 Å². The van der Waals surface area contributed by atoms with Crippen molar-refractivity contribution in [2.45, 2.75) is 13.3 Å². The normalized spacial score (nSPS) is 12.8. The monoisotopic (exact) mass is 276 g/mol. The maximum absolute atomic E-state index is 3.45. The largest absolute Gasteiger partial charge is 0.377 e. The van der Waals surface area contributed by atoms with Crippen LogP contribution in [0.25, 0.3) is 0 Å². The van der Waals surface area contributed by atoms with Crippen LogP contribution in [0.2, 0.25) is 0 Å². The molecule has 0 bridgehead atoms. The van der Waals surface area contributed by atoms with Crippen molar-refractivity contribution in [3.63, 3.8) is 0 Å². The van der Waals surface area contributed by atoms with Gasteiger partial charge in [-0.3, -0.25) is 0 Å². The van der Waals surface area contributed by atoms with Crippen molar-refractivity contribution >= 4 is 32.3 Å². The molecule has 2 nitrogen and oxygen atoms in total. The molecule has 0 fully saturated rings. The molecular weight excluding hydrogens is 260 g/mol. The minimum Gasteiger partial charge on any atom is -0.377 e. The Morgan fingerprint density at radius 2 is 2.29 bits per heavy atom. The van der Waals surface area contributed by atoms with Crippen LogP contribution in [0, 0.1) is 5.92 Å². The Bertz CT molecular complexity index is 262. The molecule has 1 aromatic rings. The quantitative estimate of drug-likeness (QED) is 0.834. The first-order valence-electron chi connectivity index (χ1n) is 4.88. The van der Waals surface area contributed by atoms with E-state index in [1.807, 2.05) is 7.05 Å². The van der Waals surface area contributed by atoms with Gasteiger partial charge in [-0.15, -0.1) is 11.3 Å². The lowest BCUT2D eigenvalue weighted by Gasteiger charge is -2.14. The average Bonchev–Trinajstić information content (AvgIpc) is 2.59. The first kappa shape index (κ1) is 12.0. The molecule has 0 aliphatic rings. The van der Waals surface area contributed by atoms with E-state index < -0.39 is 0 Å². The first-order chi connectivity index (χ1) is 6.76. The molecule has 1 unspecified atom stereocenters. The second-order valence-electron chi connectivity index (χ2n) is 3.34. The Hall–Kier alpha value is -0.0600. The number of rotatable bonds is 6. The van der Waals surface area contributed by atoms with Gasteiger partial charge in [0.2, 0.25) is 0 Å². The molecule has 14 heavy (non-hydrogen) atoms. The summed E-state index contributed by atoms with van der Waals surface area (Å²) in [6.45, 7) is 4.36. The molecule has 0 saturated carbocycles. The molecule has 0 spiro atoms. The van der Waals surface area contributed by atoms with Crippen LogP contribution >= 0.6 is 27.3 Å². The highest BCUT2D eigenvalue weighted by atomic mass is 79.9. The minimum atomic E-state index is 0.709. The van der Waals surface area contributed by atoms with Crippen LogP contribution in [-0.2, 0) is 0 Å². The standard InChI is InChI=1S/C10H17BrN2S/c1-3-8(5-12-2)6-13-10-4-9(11)7-14-10/h4,7-8,12-13H,3,5-6H2,1-2H3. The molecule has 4 heteroatoms. The van der Waals surface area contributed by atoms with Crippen LogP contribution in [-0.4, -0.2) is 20.1 Å². The Balaban J connectivity index is 2.31. The Morgan fingerprint density at radius 1 is 1.50 bits per heavy atom. The van der Waals surface area contributed by atoms with Crippen molar-refractivity contribution in [3.8, 4) is 0 Å². The van der Waals surface area contributed by atoms with E-state index >= 15 is 0 Å². The molecular formula is C10H17BrN2S. The van der Waals surface area contributed by atoms with Crippen molar-refractivity contribution in [2.24, 2.45) is 5.92 Å². The van der Waals surface area contributed by atoms with E-state index in [0.29, 0.717) is 5.92 Å². The van der Waals surface area contributed by atoms with Gasteiger partial charge >= 0.3 is 0 Å². The third kappa shape index (κ3) is 3.98. The summed E-state index contributed by atoms with van der Waals surface area (Å²) in [5.41, 5.74) is 0. The van der Waals surface area contributed by atoms with Gasteiger partial charge in [-0.2, -0.15) is 0 Å². The summed E-state index contributed by atoms with van der Waals surface area (Å²) < 4.78 is 1.16. The highest BCUT2D eigenvalue weighted by Crippen LogP contribution is 2.24. The fourth-order valence-electron chi connectivity index (χ4n) is 1.30. The number of halogens is 1. The smallest absolute Gasteiger partial charge is 0.0894 e. The Labute approximate surface area is 98.2 Å². The van der Waals surface area contributed by atoms with Gasteiger partial charge < -0.3 is 10.6 Å². The molecule has 1 heterocycles. The lowest BCUT2D eigenvalue weighted by molar-refractivity contribution is 0.507.